The number of benzene rings is 3. The minimum atomic E-state index is -0.827. The highest BCUT2D eigenvalue weighted by Crippen LogP contribution is 2.38. The van der Waals surface area contributed by atoms with E-state index in [0.29, 0.717) is 32.1 Å². The number of halogens is 1. The molecule has 0 N–H and O–H groups in total. The van der Waals surface area contributed by atoms with E-state index in [4.69, 9.17) is 19.2 Å². The first-order valence-electron chi connectivity index (χ1n) is 14.7. The molecule has 0 saturated heterocycles. The van der Waals surface area contributed by atoms with Crippen LogP contribution in [-0.2, 0) is 9.53 Å². The summed E-state index contributed by atoms with van der Waals surface area (Å²) in [6, 6.07) is 24.5. The summed E-state index contributed by atoms with van der Waals surface area (Å²) < 4.78 is 22.1. The lowest BCUT2D eigenvalue weighted by Crippen LogP contribution is -2.40. The number of carbonyl (C=O) groups excluding carboxylic acids is 1. The van der Waals surface area contributed by atoms with Crippen LogP contribution < -0.4 is 24.4 Å². The minimum absolute atomic E-state index is 0.170. The van der Waals surface area contributed by atoms with Crippen molar-refractivity contribution in [2.75, 3.05) is 20.8 Å². The van der Waals surface area contributed by atoms with Crippen LogP contribution in [0.3, 0.4) is 0 Å². The number of rotatable bonds is 8. The van der Waals surface area contributed by atoms with Gasteiger partial charge in [0.05, 0.1) is 42.7 Å². The van der Waals surface area contributed by atoms with Crippen LogP contribution >= 0.6 is 33.9 Å². The number of aryl methyl sites for hydroxylation is 1. The molecule has 2 aromatic heterocycles. The van der Waals surface area contributed by atoms with Gasteiger partial charge in [0, 0.05) is 26.2 Å². The Morgan fingerprint density at radius 1 is 0.978 bits per heavy atom. The first-order chi connectivity index (χ1) is 22.2. The molecule has 0 radical (unpaired) electrons. The summed E-state index contributed by atoms with van der Waals surface area (Å²) in [4.78, 5) is 33.6. The van der Waals surface area contributed by atoms with Gasteiger partial charge in [-0.05, 0) is 103 Å². The number of hydrogen-bond donors (Lipinski definition) is 0. The Kier molecular flexibility index (Phi) is 9.01. The van der Waals surface area contributed by atoms with Gasteiger partial charge >= 0.3 is 5.97 Å². The third kappa shape index (κ3) is 5.71. The molecule has 1 aliphatic heterocycles. The van der Waals surface area contributed by atoms with Crippen LogP contribution in [0.15, 0.2) is 94.2 Å². The van der Waals surface area contributed by atoms with E-state index in [1.54, 1.807) is 37.8 Å². The number of carbonyl (C=O) groups is 1. The normalized spacial score (nSPS) is 14.6. The van der Waals surface area contributed by atoms with Crippen LogP contribution in [-0.4, -0.2) is 35.9 Å². The number of hydrogen-bond acceptors (Lipinski definition) is 7. The van der Waals surface area contributed by atoms with Crippen LogP contribution in [0.25, 0.3) is 17.5 Å². The molecule has 0 unspecified atom stereocenters. The zero-order valence-electron chi connectivity index (χ0n) is 26.0. The van der Waals surface area contributed by atoms with E-state index in [-0.39, 0.29) is 17.7 Å². The van der Waals surface area contributed by atoms with Crippen LogP contribution in [0.4, 0.5) is 0 Å². The second kappa shape index (κ2) is 13.1. The molecule has 234 valence electrons. The Balaban J connectivity index is 1.61. The number of ether oxygens (including phenoxy) is 3. The topological polar surface area (TPSA) is 84.1 Å². The smallest absolute Gasteiger partial charge is 0.338 e. The molecule has 8 nitrogen and oxygen atoms in total. The summed E-state index contributed by atoms with van der Waals surface area (Å²) in [5.41, 5.74) is 5.93. The first-order valence-corrected chi connectivity index (χ1v) is 16.6. The standard InChI is InChI=1S/C36H32IN3O5S/c1-6-45-35(42)31-32(23-10-8-7-9-11-23)38-36-40(33(31)24-12-17-28(43-4)29(19-24)44-5)34(41)30(46-36)20-25-18-21(2)39(22(25)3)27-15-13-26(37)14-16-27/h7-20,33H,6H2,1-5H3/b30-20-/t33-/m0/s1. The van der Waals surface area contributed by atoms with E-state index in [1.807, 2.05) is 49.4 Å². The number of thiazole rings is 1. The molecule has 1 aliphatic rings. The van der Waals surface area contributed by atoms with E-state index < -0.39 is 12.0 Å². The quantitative estimate of drug-likeness (QED) is 0.145. The summed E-state index contributed by atoms with van der Waals surface area (Å²) >= 11 is 3.59. The SMILES string of the molecule is CCOC(=O)C1=C(c2ccccc2)N=c2s/c(=C\c3cc(C)n(-c4ccc(I)cc4)c3C)c(=O)n2[C@H]1c1ccc(OC)c(OC)c1. The molecular formula is C36H32IN3O5S. The summed E-state index contributed by atoms with van der Waals surface area (Å²) in [5, 5.41) is 0. The molecule has 1 atom stereocenters. The van der Waals surface area contributed by atoms with Gasteiger partial charge in [-0.2, -0.15) is 0 Å². The third-order valence-corrected chi connectivity index (χ3v) is 9.64. The molecule has 46 heavy (non-hydrogen) atoms. The Labute approximate surface area is 284 Å². The summed E-state index contributed by atoms with van der Waals surface area (Å²) in [6.07, 6.45) is 1.91. The van der Waals surface area contributed by atoms with Crippen molar-refractivity contribution in [1.82, 2.24) is 9.13 Å². The lowest BCUT2D eigenvalue weighted by Gasteiger charge is -2.26. The third-order valence-electron chi connectivity index (χ3n) is 7.94. The maximum Gasteiger partial charge on any atom is 0.338 e. The molecular weight excluding hydrogens is 713 g/mol. The van der Waals surface area contributed by atoms with Gasteiger partial charge in [-0.3, -0.25) is 9.36 Å². The summed E-state index contributed by atoms with van der Waals surface area (Å²) in [7, 11) is 3.12. The second-order valence-electron chi connectivity index (χ2n) is 10.7. The van der Waals surface area contributed by atoms with Gasteiger partial charge in [0.25, 0.3) is 5.56 Å². The van der Waals surface area contributed by atoms with Crippen molar-refractivity contribution < 1.29 is 19.0 Å². The van der Waals surface area contributed by atoms with Gasteiger partial charge in [-0.15, -0.1) is 0 Å². The zero-order chi connectivity index (χ0) is 32.5. The predicted octanol–water partition coefficient (Wildman–Crippen LogP) is 5.96. The van der Waals surface area contributed by atoms with Crippen molar-refractivity contribution in [3.8, 4) is 17.2 Å². The maximum absolute atomic E-state index is 14.4. The Morgan fingerprint density at radius 3 is 2.37 bits per heavy atom. The highest BCUT2D eigenvalue weighted by molar-refractivity contribution is 14.1. The van der Waals surface area contributed by atoms with Crippen LogP contribution in [0.1, 0.15) is 41.0 Å². The number of nitrogens with zero attached hydrogens (tertiary/aromatic N) is 3. The van der Waals surface area contributed by atoms with Crippen molar-refractivity contribution in [2.45, 2.75) is 26.8 Å². The molecule has 0 fully saturated rings. The van der Waals surface area contributed by atoms with Crippen molar-refractivity contribution >= 4 is 51.7 Å². The molecule has 0 saturated carbocycles. The number of methoxy groups -OCH3 is 2. The average molecular weight is 746 g/mol. The largest absolute Gasteiger partial charge is 0.493 e. The van der Waals surface area contributed by atoms with E-state index in [1.165, 1.54) is 11.3 Å². The van der Waals surface area contributed by atoms with E-state index in [9.17, 15) is 9.59 Å². The van der Waals surface area contributed by atoms with Gasteiger partial charge < -0.3 is 18.8 Å². The molecule has 3 aromatic carbocycles. The van der Waals surface area contributed by atoms with Crippen LogP contribution in [0.5, 0.6) is 11.5 Å². The molecule has 0 bridgehead atoms. The summed E-state index contributed by atoms with van der Waals surface area (Å²) in [5.74, 6) is 0.471. The highest BCUT2D eigenvalue weighted by Gasteiger charge is 2.35. The molecule has 0 amide bonds. The van der Waals surface area contributed by atoms with Gasteiger partial charge in [0.1, 0.15) is 0 Å². The first kappa shape index (κ1) is 31.6. The lowest BCUT2D eigenvalue weighted by molar-refractivity contribution is -0.138. The Bertz CT molecular complexity index is 2160. The maximum atomic E-state index is 14.4. The van der Waals surface area contributed by atoms with Gasteiger partial charge in [0.2, 0.25) is 0 Å². The Hall–Kier alpha value is -4.42. The molecule has 0 spiro atoms. The molecule has 10 heteroatoms. The van der Waals surface area contributed by atoms with E-state index >= 15 is 0 Å². The van der Waals surface area contributed by atoms with E-state index in [2.05, 4.69) is 64.4 Å². The fourth-order valence-corrected chi connectivity index (χ4v) is 7.19. The number of aromatic nitrogens is 2. The number of esters is 1. The van der Waals surface area contributed by atoms with Gasteiger partial charge in [0.15, 0.2) is 16.3 Å². The molecule has 3 heterocycles. The second-order valence-corrected chi connectivity index (χ2v) is 12.9. The van der Waals surface area contributed by atoms with E-state index in [0.717, 1.165) is 31.8 Å². The van der Waals surface area contributed by atoms with Gasteiger partial charge in [-0.1, -0.05) is 47.7 Å². The van der Waals surface area contributed by atoms with Crippen molar-refractivity contribution in [3.63, 3.8) is 0 Å². The molecule has 0 aliphatic carbocycles. The zero-order valence-corrected chi connectivity index (χ0v) is 29.0. The van der Waals surface area contributed by atoms with Gasteiger partial charge in [-0.25, -0.2) is 9.79 Å². The monoisotopic (exact) mass is 745 g/mol. The summed E-state index contributed by atoms with van der Waals surface area (Å²) in [6.45, 7) is 6.03. The van der Waals surface area contributed by atoms with Crippen LogP contribution in [0, 0.1) is 17.4 Å². The highest BCUT2D eigenvalue weighted by atomic mass is 127. The fourth-order valence-electron chi connectivity index (χ4n) is 5.84. The van der Waals surface area contributed by atoms with Crippen LogP contribution in [0.2, 0.25) is 0 Å². The molecule has 6 rings (SSSR count). The predicted molar refractivity (Wildman–Crippen MR) is 189 cm³/mol. The van der Waals surface area contributed by atoms with Crippen molar-refractivity contribution in [1.29, 1.82) is 0 Å². The molecule has 5 aromatic rings. The number of fused-ring (bicyclic) bond motifs is 1. The lowest BCUT2D eigenvalue weighted by atomic mass is 9.93. The minimum Gasteiger partial charge on any atom is -0.493 e. The average Bonchev–Trinajstić information content (AvgIpc) is 3.53. The van der Waals surface area contributed by atoms with Crippen molar-refractivity contribution in [3.05, 3.63) is 136 Å². The fraction of sp³-hybridized carbons (Fsp3) is 0.194. The van der Waals surface area contributed by atoms with Crippen molar-refractivity contribution in [2.24, 2.45) is 4.99 Å². The Morgan fingerprint density at radius 2 is 1.70 bits per heavy atom.